The molecule has 4 aromatic rings. The van der Waals surface area contributed by atoms with Crippen LogP contribution in [0.4, 0.5) is 10.1 Å². The van der Waals surface area contributed by atoms with E-state index in [0.717, 1.165) is 43.6 Å². The van der Waals surface area contributed by atoms with Crippen molar-refractivity contribution < 1.29 is 9.13 Å². The van der Waals surface area contributed by atoms with E-state index in [9.17, 15) is 9.18 Å². The Kier molecular flexibility index (Phi) is 8.55. The van der Waals surface area contributed by atoms with Crippen LogP contribution in [0.2, 0.25) is 0 Å². The first-order chi connectivity index (χ1) is 22.6. The third kappa shape index (κ3) is 6.04. The summed E-state index contributed by atoms with van der Waals surface area (Å²) in [6, 6.07) is 11.1. The van der Waals surface area contributed by atoms with Crippen LogP contribution in [-0.2, 0) is 13.0 Å². The Morgan fingerprint density at radius 2 is 2.06 bits per heavy atom. The van der Waals surface area contributed by atoms with Crippen molar-refractivity contribution in [1.29, 1.82) is 0 Å². The van der Waals surface area contributed by atoms with Gasteiger partial charge in [0.15, 0.2) is 16.8 Å². The maximum atomic E-state index is 14.8. The van der Waals surface area contributed by atoms with Crippen LogP contribution in [0.3, 0.4) is 0 Å². The second-order valence-electron chi connectivity index (χ2n) is 14.1. The molecule has 8 rings (SSSR count). The smallest absolute Gasteiger partial charge is 0.261 e. The van der Waals surface area contributed by atoms with E-state index in [-0.39, 0.29) is 24.0 Å². The van der Waals surface area contributed by atoms with Gasteiger partial charge in [0.1, 0.15) is 11.6 Å². The lowest BCUT2D eigenvalue weighted by Crippen LogP contribution is -2.57. The van der Waals surface area contributed by atoms with Gasteiger partial charge in [-0.05, 0) is 79.2 Å². The number of fused-ring (bicyclic) bond motifs is 3. The van der Waals surface area contributed by atoms with E-state index in [1.165, 1.54) is 30.9 Å². The Morgan fingerprint density at radius 3 is 2.77 bits per heavy atom. The van der Waals surface area contributed by atoms with E-state index < -0.39 is 0 Å². The monoisotopic (exact) mass is 657 g/mol. The number of aliphatic imine (C=N–C) groups is 1. The maximum absolute atomic E-state index is 14.8. The zero-order valence-electron chi connectivity index (χ0n) is 27.8. The molecule has 11 heteroatoms. The number of methoxy groups -OCH3 is 1. The number of anilines is 1. The average Bonchev–Trinajstić information content (AvgIpc) is 3.60. The molecule has 2 N–H and O–H groups in total. The van der Waals surface area contributed by atoms with E-state index >= 15 is 0 Å². The van der Waals surface area contributed by atoms with Crippen LogP contribution in [0.1, 0.15) is 46.1 Å². The van der Waals surface area contributed by atoms with Gasteiger partial charge in [0, 0.05) is 55.6 Å². The molecule has 4 fully saturated rings. The highest BCUT2D eigenvalue weighted by atomic mass is 32.1. The van der Waals surface area contributed by atoms with Crippen LogP contribution < -0.4 is 20.9 Å². The Bertz CT molecular complexity index is 1860. The molecule has 248 valence electrons. The number of halogens is 1. The minimum atomic E-state index is -0.364. The minimum absolute atomic E-state index is 0.177. The van der Waals surface area contributed by atoms with Gasteiger partial charge in [-0.3, -0.25) is 9.36 Å². The summed E-state index contributed by atoms with van der Waals surface area (Å²) >= 11 is 1.42. The summed E-state index contributed by atoms with van der Waals surface area (Å²) in [5.74, 6) is 3.41. The minimum Gasteiger partial charge on any atom is -0.497 e. The summed E-state index contributed by atoms with van der Waals surface area (Å²) in [6.07, 6.45) is 4.46. The second-order valence-corrected chi connectivity index (χ2v) is 15.0. The lowest BCUT2D eigenvalue weighted by molar-refractivity contribution is -0.108. The number of nitrogens with zero attached hydrogens (tertiary/aromatic N) is 5. The number of nitrogens with one attached hydrogen (secondary N) is 2. The van der Waals surface area contributed by atoms with E-state index in [4.69, 9.17) is 14.7 Å². The number of piperazine rings is 1. The highest BCUT2D eigenvalue weighted by Gasteiger charge is 2.56. The van der Waals surface area contributed by atoms with Gasteiger partial charge in [-0.25, -0.2) is 19.4 Å². The van der Waals surface area contributed by atoms with Gasteiger partial charge >= 0.3 is 0 Å². The number of hydrogen-bond donors (Lipinski definition) is 2. The fraction of sp³-hybridized carbons (Fsp3) is 0.500. The van der Waals surface area contributed by atoms with Gasteiger partial charge in [-0.2, -0.15) is 0 Å². The Morgan fingerprint density at radius 1 is 1.21 bits per heavy atom. The Hall–Kier alpha value is -3.83. The molecule has 0 spiro atoms. The molecule has 3 aliphatic carbocycles. The Labute approximate surface area is 279 Å². The van der Waals surface area contributed by atoms with Crippen LogP contribution in [0.15, 0.2) is 57.8 Å². The molecule has 4 aliphatic rings. The molecule has 47 heavy (non-hydrogen) atoms. The molecule has 1 saturated heterocycles. The third-order valence-electron chi connectivity index (χ3n) is 11.0. The molecule has 3 heterocycles. The highest BCUT2D eigenvalue weighted by Crippen LogP contribution is 2.61. The zero-order valence-corrected chi connectivity index (χ0v) is 28.6. The van der Waals surface area contributed by atoms with Crippen LogP contribution >= 0.6 is 11.3 Å². The lowest BCUT2D eigenvalue weighted by Gasteiger charge is -2.61. The fourth-order valence-electron chi connectivity index (χ4n) is 7.99. The molecule has 2 bridgehead atoms. The van der Waals surface area contributed by atoms with Crippen molar-refractivity contribution >= 4 is 33.9 Å². The molecule has 9 nitrogen and oxygen atoms in total. The normalized spacial score (nSPS) is 25.4. The van der Waals surface area contributed by atoms with Gasteiger partial charge in [-0.15, -0.1) is 11.3 Å². The average molecular weight is 658 g/mol. The SMILES string of the molecule is COc1ccc(CCn2c(-c3nccs3)nc3cc(NC(=N[C@H]4C[C@H]5C[C@@H]([C@@H]4C)C5(C)C)N4CCN[C@@H](C)C4)ccc3c2=O)c(F)c1. The summed E-state index contributed by atoms with van der Waals surface area (Å²) in [4.78, 5) is 31.2. The molecule has 2 aromatic heterocycles. The first-order valence-electron chi connectivity index (χ1n) is 16.7. The van der Waals surface area contributed by atoms with Crippen molar-refractivity contribution in [1.82, 2.24) is 24.8 Å². The molecule has 5 atom stereocenters. The molecular formula is C36H44FN7O2S. The number of aryl methyl sites for hydroxylation is 1. The predicted octanol–water partition coefficient (Wildman–Crippen LogP) is 6.04. The van der Waals surface area contributed by atoms with E-state index in [2.05, 4.69) is 48.2 Å². The van der Waals surface area contributed by atoms with Crippen molar-refractivity contribution in [3.8, 4) is 16.6 Å². The fourth-order valence-corrected chi connectivity index (χ4v) is 8.62. The van der Waals surface area contributed by atoms with Crippen LogP contribution in [0, 0.1) is 29.0 Å². The number of ether oxygens (including phenoxy) is 1. The quantitative estimate of drug-likeness (QED) is 0.185. The molecular weight excluding hydrogens is 614 g/mol. The maximum Gasteiger partial charge on any atom is 0.261 e. The Balaban J connectivity index is 1.21. The van der Waals surface area contributed by atoms with Crippen LogP contribution in [0.5, 0.6) is 5.75 Å². The summed E-state index contributed by atoms with van der Waals surface area (Å²) in [5.41, 5.74) is 2.15. The zero-order chi connectivity index (χ0) is 32.9. The van der Waals surface area contributed by atoms with Crippen LogP contribution in [-0.4, -0.2) is 64.2 Å². The number of aromatic nitrogens is 3. The molecule has 0 radical (unpaired) electrons. The molecule has 0 amide bonds. The third-order valence-corrected chi connectivity index (χ3v) is 11.7. The first kappa shape index (κ1) is 31.8. The van der Waals surface area contributed by atoms with Gasteiger partial charge < -0.3 is 20.3 Å². The standard InChI is InChI=1S/C36H44FN7O2S/c1-21-20-43(14-11-38-21)35(42-30-17-24-16-28(22(30)2)36(24,3)4)40-25-7-9-27-31(18-25)41-32(33-39-12-15-47-33)44(34(27)45)13-10-23-6-8-26(46-5)19-29(23)37/h6-9,12,15,18-19,21-22,24,28,30,38H,10-11,13-14,16-17,20H2,1-5H3,(H,40,42)/t21-,22-,24+,28-,30-/m0/s1. The number of rotatable bonds is 7. The molecule has 0 unspecified atom stereocenters. The molecule has 1 aliphatic heterocycles. The molecule has 2 aromatic carbocycles. The lowest BCUT2D eigenvalue weighted by atomic mass is 9.45. The van der Waals surface area contributed by atoms with Gasteiger partial charge in [-0.1, -0.05) is 26.8 Å². The van der Waals surface area contributed by atoms with Gasteiger partial charge in [0.05, 0.1) is 24.1 Å². The largest absolute Gasteiger partial charge is 0.497 e. The summed E-state index contributed by atoms with van der Waals surface area (Å²) in [6.45, 7) is 12.3. The number of benzene rings is 2. The van der Waals surface area contributed by atoms with Gasteiger partial charge in [0.25, 0.3) is 5.56 Å². The van der Waals surface area contributed by atoms with Crippen molar-refractivity contribution in [2.45, 2.75) is 65.6 Å². The number of thiazole rings is 1. The van der Waals surface area contributed by atoms with Crippen LogP contribution in [0.25, 0.3) is 21.7 Å². The highest BCUT2D eigenvalue weighted by molar-refractivity contribution is 7.13. The molecule has 3 saturated carbocycles. The van der Waals surface area contributed by atoms with E-state index in [0.29, 0.717) is 62.8 Å². The topological polar surface area (TPSA) is 96.7 Å². The summed E-state index contributed by atoms with van der Waals surface area (Å²) < 4.78 is 21.5. The van der Waals surface area contributed by atoms with E-state index in [1.54, 1.807) is 22.9 Å². The van der Waals surface area contributed by atoms with Gasteiger partial charge in [0.2, 0.25) is 0 Å². The first-order valence-corrected chi connectivity index (χ1v) is 17.6. The van der Waals surface area contributed by atoms with Crippen molar-refractivity contribution in [2.75, 3.05) is 32.1 Å². The predicted molar refractivity (Wildman–Crippen MR) is 187 cm³/mol. The van der Waals surface area contributed by atoms with Crippen molar-refractivity contribution in [2.24, 2.45) is 28.2 Å². The van der Waals surface area contributed by atoms with Crippen molar-refractivity contribution in [3.63, 3.8) is 0 Å². The second kappa shape index (κ2) is 12.6. The summed E-state index contributed by atoms with van der Waals surface area (Å²) in [5, 5.41) is 10.2. The van der Waals surface area contributed by atoms with E-state index in [1.807, 2.05) is 23.6 Å². The van der Waals surface area contributed by atoms with Crippen molar-refractivity contribution in [3.05, 3.63) is 69.7 Å². The number of hydrogen-bond acceptors (Lipinski definition) is 7. The number of guanidine groups is 1. The summed E-state index contributed by atoms with van der Waals surface area (Å²) in [7, 11) is 1.51.